The van der Waals surface area contributed by atoms with Gasteiger partial charge in [0.05, 0.1) is 24.5 Å². The van der Waals surface area contributed by atoms with Gasteiger partial charge in [0.1, 0.15) is 5.82 Å². The van der Waals surface area contributed by atoms with Gasteiger partial charge in [-0.05, 0) is 32.0 Å². The van der Waals surface area contributed by atoms with Crippen molar-refractivity contribution >= 4 is 11.8 Å². The van der Waals surface area contributed by atoms with E-state index >= 15 is 0 Å². The lowest BCUT2D eigenvalue weighted by Crippen LogP contribution is -2.38. The predicted molar refractivity (Wildman–Crippen MR) is 86.8 cm³/mol. The summed E-state index contributed by atoms with van der Waals surface area (Å²) in [5.74, 6) is 6.66. The molecular formula is C17H17N5O. The molecule has 0 unspecified atom stereocenters. The SMILES string of the molecule is CN1C(=O)N(c2ccc(C#Cc3ccnnc3)cn2)CC1(C)C. The summed E-state index contributed by atoms with van der Waals surface area (Å²) in [7, 11) is 1.81. The normalized spacial score (nSPS) is 16.2. The summed E-state index contributed by atoms with van der Waals surface area (Å²) >= 11 is 0. The van der Waals surface area contributed by atoms with Crippen LogP contribution in [0.2, 0.25) is 0 Å². The summed E-state index contributed by atoms with van der Waals surface area (Å²) in [5.41, 5.74) is 1.37. The molecule has 23 heavy (non-hydrogen) atoms. The molecule has 0 radical (unpaired) electrons. The number of carbonyl (C=O) groups excluding carboxylic acids is 1. The molecule has 0 atom stereocenters. The van der Waals surface area contributed by atoms with Crippen molar-refractivity contribution in [3.8, 4) is 11.8 Å². The van der Waals surface area contributed by atoms with Crippen molar-refractivity contribution in [3.05, 3.63) is 47.9 Å². The molecule has 1 aliphatic heterocycles. The molecule has 2 aromatic rings. The highest BCUT2D eigenvalue weighted by Crippen LogP contribution is 2.27. The number of carbonyl (C=O) groups is 1. The number of aromatic nitrogens is 3. The number of hydrogen-bond donors (Lipinski definition) is 0. The molecule has 0 N–H and O–H groups in total. The first-order valence-corrected chi connectivity index (χ1v) is 7.27. The van der Waals surface area contributed by atoms with Gasteiger partial charge in [0.25, 0.3) is 0 Å². The van der Waals surface area contributed by atoms with Crippen LogP contribution in [-0.4, -0.2) is 45.2 Å². The molecule has 2 amide bonds. The van der Waals surface area contributed by atoms with Crippen LogP contribution in [0.3, 0.4) is 0 Å². The van der Waals surface area contributed by atoms with Gasteiger partial charge in [0, 0.05) is 24.4 Å². The Labute approximate surface area is 135 Å². The van der Waals surface area contributed by atoms with Crippen molar-refractivity contribution < 1.29 is 4.79 Å². The Hall–Kier alpha value is -2.94. The van der Waals surface area contributed by atoms with E-state index in [1.54, 1.807) is 34.5 Å². The van der Waals surface area contributed by atoms with Crippen LogP contribution in [-0.2, 0) is 0 Å². The maximum absolute atomic E-state index is 12.3. The molecule has 0 aromatic carbocycles. The van der Waals surface area contributed by atoms with Crippen LogP contribution in [0.1, 0.15) is 25.0 Å². The monoisotopic (exact) mass is 307 g/mol. The third kappa shape index (κ3) is 2.99. The fourth-order valence-corrected chi connectivity index (χ4v) is 2.31. The average Bonchev–Trinajstić information content (AvgIpc) is 2.78. The number of urea groups is 1. The predicted octanol–water partition coefficient (Wildman–Crippen LogP) is 1.92. The van der Waals surface area contributed by atoms with Gasteiger partial charge in [-0.2, -0.15) is 10.2 Å². The van der Waals surface area contributed by atoms with Crippen LogP contribution in [0.5, 0.6) is 0 Å². The third-order valence-electron chi connectivity index (χ3n) is 3.93. The zero-order valence-electron chi connectivity index (χ0n) is 13.3. The number of rotatable bonds is 1. The molecular weight excluding hydrogens is 290 g/mol. The maximum Gasteiger partial charge on any atom is 0.325 e. The lowest BCUT2D eigenvalue weighted by atomic mass is 10.1. The largest absolute Gasteiger partial charge is 0.325 e. The first-order chi connectivity index (χ1) is 11.0. The second kappa shape index (κ2) is 5.69. The first kappa shape index (κ1) is 15.0. The summed E-state index contributed by atoms with van der Waals surface area (Å²) in [5, 5.41) is 7.48. The van der Waals surface area contributed by atoms with Crippen molar-refractivity contribution in [2.24, 2.45) is 0 Å². The third-order valence-corrected chi connectivity index (χ3v) is 3.93. The molecule has 3 heterocycles. The van der Waals surface area contributed by atoms with Crippen LogP contribution in [0.4, 0.5) is 10.6 Å². The van der Waals surface area contributed by atoms with E-state index in [0.717, 1.165) is 11.1 Å². The second-order valence-corrected chi connectivity index (χ2v) is 6.03. The molecule has 0 saturated carbocycles. The molecule has 2 aromatic heterocycles. The number of pyridine rings is 1. The molecule has 0 aliphatic carbocycles. The molecule has 6 heteroatoms. The number of nitrogens with zero attached hydrogens (tertiary/aromatic N) is 5. The van der Waals surface area contributed by atoms with E-state index in [9.17, 15) is 4.79 Å². The Balaban J connectivity index is 1.79. The second-order valence-electron chi connectivity index (χ2n) is 6.03. The van der Waals surface area contributed by atoms with Gasteiger partial charge in [-0.1, -0.05) is 11.8 Å². The van der Waals surface area contributed by atoms with Crippen LogP contribution in [0.15, 0.2) is 36.8 Å². The van der Waals surface area contributed by atoms with E-state index in [1.807, 2.05) is 33.0 Å². The van der Waals surface area contributed by atoms with Gasteiger partial charge in [-0.3, -0.25) is 4.90 Å². The Morgan fingerprint density at radius 3 is 2.35 bits per heavy atom. The summed E-state index contributed by atoms with van der Waals surface area (Å²) in [6.45, 7) is 4.68. The summed E-state index contributed by atoms with van der Waals surface area (Å²) in [6.07, 6.45) is 4.88. The standard InChI is InChI=1S/C17H17N5O/c1-17(2)12-22(16(23)21(17)3)15-7-6-13(10-18-15)4-5-14-8-9-19-20-11-14/h6-11H,12H2,1-3H3. The van der Waals surface area contributed by atoms with Crippen LogP contribution in [0.25, 0.3) is 0 Å². The highest BCUT2D eigenvalue weighted by Gasteiger charge is 2.41. The Morgan fingerprint density at radius 2 is 1.83 bits per heavy atom. The maximum atomic E-state index is 12.3. The van der Waals surface area contributed by atoms with Crippen molar-refractivity contribution in [1.82, 2.24) is 20.1 Å². The minimum Gasteiger partial charge on any atom is -0.320 e. The van der Waals surface area contributed by atoms with Gasteiger partial charge in [-0.25, -0.2) is 9.78 Å². The van der Waals surface area contributed by atoms with Gasteiger partial charge < -0.3 is 4.90 Å². The van der Waals surface area contributed by atoms with Crippen molar-refractivity contribution in [1.29, 1.82) is 0 Å². The zero-order chi connectivity index (χ0) is 16.4. The quantitative estimate of drug-likeness (QED) is 0.755. The molecule has 1 fully saturated rings. The molecule has 0 spiro atoms. The van der Waals surface area contributed by atoms with E-state index in [0.29, 0.717) is 12.4 Å². The minimum atomic E-state index is -0.203. The van der Waals surface area contributed by atoms with E-state index in [1.165, 1.54) is 0 Å². The van der Waals surface area contributed by atoms with Gasteiger partial charge >= 0.3 is 6.03 Å². The lowest BCUT2D eigenvalue weighted by molar-refractivity contribution is 0.198. The molecule has 6 nitrogen and oxygen atoms in total. The highest BCUT2D eigenvalue weighted by atomic mass is 16.2. The molecule has 3 rings (SSSR count). The van der Waals surface area contributed by atoms with Gasteiger partial charge in [-0.15, -0.1) is 0 Å². The Morgan fingerprint density at radius 1 is 1.09 bits per heavy atom. The fourth-order valence-electron chi connectivity index (χ4n) is 2.31. The van der Waals surface area contributed by atoms with Crippen LogP contribution >= 0.6 is 0 Å². The number of likely N-dealkylation sites (N-methyl/N-ethyl adjacent to an activating group) is 1. The summed E-state index contributed by atoms with van der Waals surface area (Å²) in [4.78, 5) is 20.1. The van der Waals surface area contributed by atoms with E-state index < -0.39 is 0 Å². The molecule has 116 valence electrons. The van der Waals surface area contributed by atoms with Crippen molar-refractivity contribution in [2.45, 2.75) is 19.4 Å². The highest BCUT2D eigenvalue weighted by molar-refractivity contribution is 5.94. The van der Waals surface area contributed by atoms with E-state index in [-0.39, 0.29) is 11.6 Å². The summed E-state index contributed by atoms with van der Waals surface area (Å²) in [6, 6.07) is 5.44. The number of amides is 2. The topological polar surface area (TPSA) is 62.2 Å². The van der Waals surface area contributed by atoms with Crippen LogP contribution < -0.4 is 4.90 Å². The molecule has 1 saturated heterocycles. The Kier molecular flexibility index (Phi) is 3.70. The fraction of sp³-hybridized carbons (Fsp3) is 0.294. The minimum absolute atomic E-state index is 0.0378. The summed E-state index contributed by atoms with van der Waals surface area (Å²) < 4.78 is 0. The van der Waals surface area contributed by atoms with E-state index in [4.69, 9.17) is 0 Å². The van der Waals surface area contributed by atoms with Crippen molar-refractivity contribution in [2.75, 3.05) is 18.5 Å². The number of anilines is 1. The van der Waals surface area contributed by atoms with E-state index in [2.05, 4.69) is 27.0 Å². The van der Waals surface area contributed by atoms with Gasteiger partial charge in [0.15, 0.2) is 0 Å². The average molecular weight is 307 g/mol. The smallest absolute Gasteiger partial charge is 0.320 e. The Bertz CT molecular complexity index is 774. The van der Waals surface area contributed by atoms with Crippen molar-refractivity contribution in [3.63, 3.8) is 0 Å². The first-order valence-electron chi connectivity index (χ1n) is 7.27. The van der Waals surface area contributed by atoms with Gasteiger partial charge in [0.2, 0.25) is 0 Å². The zero-order valence-corrected chi connectivity index (χ0v) is 13.3. The molecule has 0 bridgehead atoms. The number of hydrogen-bond acceptors (Lipinski definition) is 4. The van der Waals surface area contributed by atoms with Crippen LogP contribution in [0, 0.1) is 11.8 Å². The lowest BCUT2D eigenvalue weighted by Gasteiger charge is -2.24. The molecule has 1 aliphatic rings.